The van der Waals surface area contributed by atoms with Crippen molar-refractivity contribution >= 4 is 21.8 Å². The highest BCUT2D eigenvalue weighted by Crippen LogP contribution is 2.29. The SMILES string of the molecule is CCS(=O)(=O)Nc1cccc(C2CCN(C(=O)O)CC2)c1. The van der Waals surface area contributed by atoms with Crippen LogP contribution >= 0.6 is 0 Å². The minimum absolute atomic E-state index is 0.0359. The Morgan fingerprint density at radius 3 is 2.62 bits per heavy atom. The Morgan fingerprint density at radius 2 is 2.05 bits per heavy atom. The molecule has 0 bridgehead atoms. The highest BCUT2D eigenvalue weighted by molar-refractivity contribution is 7.92. The number of anilines is 1. The van der Waals surface area contributed by atoms with Crippen molar-refractivity contribution in [2.75, 3.05) is 23.6 Å². The normalized spacial score (nSPS) is 16.7. The van der Waals surface area contributed by atoms with Gasteiger partial charge < -0.3 is 10.0 Å². The molecule has 1 aliphatic rings. The fourth-order valence-electron chi connectivity index (χ4n) is 2.51. The van der Waals surface area contributed by atoms with E-state index in [2.05, 4.69) is 4.72 Å². The summed E-state index contributed by atoms with van der Waals surface area (Å²) in [6.07, 6.45) is 0.643. The highest BCUT2D eigenvalue weighted by Gasteiger charge is 2.23. The van der Waals surface area contributed by atoms with Crippen LogP contribution in [0, 0.1) is 0 Å². The molecule has 1 aliphatic heterocycles. The monoisotopic (exact) mass is 312 g/mol. The zero-order valence-electron chi connectivity index (χ0n) is 11.9. The molecule has 2 rings (SSSR count). The molecule has 0 spiro atoms. The first-order valence-electron chi connectivity index (χ1n) is 6.99. The fraction of sp³-hybridized carbons (Fsp3) is 0.500. The molecule has 7 heteroatoms. The lowest BCUT2D eigenvalue weighted by Crippen LogP contribution is -2.36. The van der Waals surface area contributed by atoms with Crippen molar-refractivity contribution in [3.8, 4) is 0 Å². The molecule has 1 saturated heterocycles. The van der Waals surface area contributed by atoms with Gasteiger partial charge in [-0.3, -0.25) is 4.72 Å². The molecule has 0 atom stereocenters. The van der Waals surface area contributed by atoms with E-state index >= 15 is 0 Å². The molecule has 1 amide bonds. The van der Waals surface area contributed by atoms with Crippen LogP contribution in [0.5, 0.6) is 0 Å². The van der Waals surface area contributed by atoms with Gasteiger partial charge in [0.1, 0.15) is 0 Å². The van der Waals surface area contributed by atoms with Crippen LogP contribution in [-0.2, 0) is 10.0 Å². The van der Waals surface area contributed by atoms with E-state index < -0.39 is 16.1 Å². The summed E-state index contributed by atoms with van der Waals surface area (Å²) < 4.78 is 25.7. The van der Waals surface area contributed by atoms with Crippen LogP contribution < -0.4 is 4.72 Å². The van der Waals surface area contributed by atoms with E-state index in [1.54, 1.807) is 13.0 Å². The predicted octanol–water partition coefficient (Wildman–Crippen LogP) is 2.31. The van der Waals surface area contributed by atoms with Gasteiger partial charge >= 0.3 is 6.09 Å². The van der Waals surface area contributed by atoms with Crippen LogP contribution in [0.15, 0.2) is 24.3 Å². The molecule has 21 heavy (non-hydrogen) atoms. The van der Waals surface area contributed by atoms with Gasteiger partial charge in [0.15, 0.2) is 0 Å². The molecule has 2 N–H and O–H groups in total. The smallest absolute Gasteiger partial charge is 0.407 e. The lowest BCUT2D eigenvalue weighted by Gasteiger charge is -2.30. The van der Waals surface area contributed by atoms with Crippen molar-refractivity contribution in [2.45, 2.75) is 25.7 Å². The van der Waals surface area contributed by atoms with E-state index in [9.17, 15) is 13.2 Å². The summed E-state index contributed by atoms with van der Waals surface area (Å²) in [4.78, 5) is 12.3. The number of sulfonamides is 1. The molecule has 116 valence electrons. The van der Waals surface area contributed by atoms with Gasteiger partial charge in [-0.25, -0.2) is 13.2 Å². The molecule has 1 heterocycles. The first-order chi connectivity index (χ1) is 9.91. The predicted molar refractivity (Wildman–Crippen MR) is 81.1 cm³/mol. The highest BCUT2D eigenvalue weighted by atomic mass is 32.2. The fourth-order valence-corrected chi connectivity index (χ4v) is 3.14. The molecular formula is C14H20N2O4S. The maximum atomic E-state index is 11.6. The average molecular weight is 312 g/mol. The quantitative estimate of drug-likeness (QED) is 0.893. The molecule has 1 aromatic carbocycles. The second-order valence-corrected chi connectivity index (χ2v) is 7.19. The van der Waals surface area contributed by atoms with Crippen LogP contribution in [0.1, 0.15) is 31.2 Å². The van der Waals surface area contributed by atoms with Gasteiger partial charge in [0, 0.05) is 18.8 Å². The summed E-state index contributed by atoms with van der Waals surface area (Å²) in [5.41, 5.74) is 1.62. The molecule has 6 nitrogen and oxygen atoms in total. The van der Waals surface area contributed by atoms with Crippen LogP contribution in [0.25, 0.3) is 0 Å². The first kappa shape index (κ1) is 15.6. The van der Waals surface area contributed by atoms with Crippen molar-refractivity contribution < 1.29 is 18.3 Å². The zero-order valence-corrected chi connectivity index (χ0v) is 12.8. The topological polar surface area (TPSA) is 86.7 Å². The van der Waals surface area contributed by atoms with Crippen LogP contribution in [-0.4, -0.2) is 43.4 Å². The summed E-state index contributed by atoms with van der Waals surface area (Å²) >= 11 is 0. The second-order valence-electron chi connectivity index (χ2n) is 5.17. The third-order valence-electron chi connectivity index (χ3n) is 3.78. The number of carbonyl (C=O) groups is 1. The second kappa shape index (κ2) is 6.34. The molecule has 1 fully saturated rings. The molecule has 0 radical (unpaired) electrons. The largest absolute Gasteiger partial charge is 0.465 e. The number of carboxylic acid groups (broad SMARTS) is 1. The maximum absolute atomic E-state index is 11.6. The number of benzene rings is 1. The maximum Gasteiger partial charge on any atom is 0.407 e. The van der Waals surface area contributed by atoms with Crippen molar-refractivity contribution in [2.24, 2.45) is 0 Å². The molecule has 0 unspecified atom stereocenters. The van der Waals surface area contributed by atoms with Crippen molar-refractivity contribution in [3.05, 3.63) is 29.8 Å². The van der Waals surface area contributed by atoms with E-state index in [1.807, 2.05) is 18.2 Å². The standard InChI is InChI=1S/C14H20N2O4S/c1-2-21(19,20)15-13-5-3-4-12(10-13)11-6-8-16(9-7-11)14(17)18/h3-5,10-11,15H,2,6-9H2,1H3,(H,17,18). The Balaban J connectivity index is 2.07. The molecule has 0 aliphatic carbocycles. The van der Waals surface area contributed by atoms with E-state index in [0.29, 0.717) is 18.8 Å². The molecule has 0 saturated carbocycles. The molecule has 1 aromatic rings. The number of amides is 1. The van der Waals surface area contributed by atoms with Gasteiger partial charge in [-0.2, -0.15) is 0 Å². The number of nitrogens with zero attached hydrogens (tertiary/aromatic N) is 1. The number of hydrogen-bond acceptors (Lipinski definition) is 3. The Morgan fingerprint density at radius 1 is 1.38 bits per heavy atom. The summed E-state index contributed by atoms with van der Waals surface area (Å²) in [6, 6.07) is 7.36. The number of piperidine rings is 1. The number of nitrogens with one attached hydrogen (secondary N) is 1. The number of likely N-dealkylation sites (tertiary alicyclic amines) is 1. The van der Waals surface area contributed by atoms with Gasteiger partial charge in [0.05, 0.1) is 5.75 Å². The Bertz CT molecular complexity index is 607. The van der Waals surface area contributed by atoms with Gasteiger partial charge in [-0.15, -0.1) is 0 Å². The van der Waals surface area contributed by atoms with E-state index in [0.717, 1.165) is 18.4 Å². The number of hydrogen-bond donors (Lipinski definition) is 2. The lowest BCUT2D eigenvalue weighted by atomic mass is 9.89. The van der Waals surface area contributed by atoms with Crippen LogP contribution in [0.3, 0.4) is 0 Å². The minimum atomic E-state index is -3.28. The Hall–Kier alpha value is -1.76. The summed E-state index contributed by atoms with van der Waals surface area (Å²) in [5.74, 6) is 0.306. The molecule has 0 aromatic heterocycles. The molecular weight excluding hydrogens is 292 g/mol. The Kier molecular flexibility index (Phi) is 4.72. The first-order valence-corrected chi connectivity index (χ1v) is 8.65. The van der Waals surface area contributed by atoms with Crippen molar-refractivity contribution in [1.82, 2.24) is 4.90 Å². The lowest BCUT2D eigenvalue weighted by molar-refractivity contribution is 0.132. The van der Waals surface area contributed by atoms with Gasteiger partial charge in [-0.1, -0.05) is 12.1 Å². The van der Waals surface area contributed by atoms with E-state index in [1.165, 1.54) is 4.90 Å². The summed E-state index contributed by atoms with van der Waals surface area (Å²) in [5, 5.41) is 8.94. The Labute approximate surface area is 124 Å². The van der Waals surface area contributed by atoms with Crippen LogP contribution in [0.2, 0.25) is 0 Å². The summed E-state index contributed by atoms with van der Waals surface area (Å²) in [7, 11) is -3.28. The number of rotatable bonds is 4. The van der Waals surface area contributed by atoms with Gasteiger partial charge in [0.25, 0.3) is 0 Å². The van der Waals surface area contributed by atoms with Crippen LogP contribution in [0.4, 0.5) is 10.5 Å². The van der Waals surface area contributed by atoms with Crippen molar-refractivity contribution in [1.29, 1.82) is 0 Å². The van der Waals surface area contributed by atoms with Gasteiger partial charge in [0.2, 0.25) is 10.0 Å². The third-order valence-corrected chi connectivity index (χ3v) is 5.08. The van der Waals surface area contributed by atoms with E-state index in [4.69, 9.17) is 5.11 Å². The van der Waals surface area contributed by atoms with Gasteiger partial charge in [-0.05, 0) is 43.4 Å². The summed E-state index contributed by atoms with van der Waals surface area (Å²) in [6.45, 7) is 2.63. The average Bonchev–Trinajstić information content (AvgIpc) is 2.47. The van der Waals surface area contributed by atoms with Crippen molar-refractivity contribution in [3.63, 3.8) is 0 Å². The minimum Gasteiger partial charge on any atom is -0.465 e. The van der Waals surface area contributed by atoms with E-state index in [-0.39, 0.29) is 11.7 Å². The third kappa shape index (κ3) is 4.10. The zero-order chi connectivity index (χ0) is 15.5.